The van der Waals surface area contributed by atoms with Gasteiger partial charge < -0.3 is 25.0 Å². The van der Waals surface area contributed by atoms with Crippen LogP contribution in [0.1, 0.15) is 41.9 Å². The standard InChI is InChI=1S/C29H34N4O5S/c1-5-38-24-8-6-7-22(13-24)29(37)32(4)19(3)28(36)33-16-23(34)14-25(33)27(35)30-15-20-9-11-21(12-10-20)26-18(2)31-17-39-26/h6-13,17,19,23,25,34H,5,14-16H2,1-4H3,(H,30,35)/t19-,23+,25-/m0/s1. The molecule has 0 spiro atoms. The number of carbonyl (C=O) groups excluding carboxylic acids is 3. The summed E-state index contributed by atoms with van der Waals surface area (Å²) < 4.78 is 5.48. The number of benzene rings is 2. The number of likely N-dealkylation sites (N-methyl/N-ethyl adjacent to an activating group) is 1. The van der Waals surface area contributed by atoms with Crippen molar-refractivity contribution in [3.05, 3.63) is 70.9 Å². The molecule has 0 bridgehead atoms. The number of β-amino-alcohol motifs (C(OH)–C–C–N with tert-alkyl or cyclic N) is 1. The van der Waals surface area contributed by atoms with Crippen LogP contribution >= 0.6 is 11.3 Å². The molecule has 0 radical (unpaired) electrons. The summed E-state index contributed by atoms with van der Waals surface area (Å²) in [7, 11) is 1.55. The number of nitrogens with zero attached hydrogens (tertiary/aromatic N) is 3. The van der Waals surface area contributed by atoms with E-state index in [2.05, 4.69) is 10.3 Å². The van der Waals surface area contributed by atoms with Gasteiger partial charge in [-0.1, -0.05) is 30.3 Å². The highest BCUT2D eigenvalue weighted by molar-refractivity contribution is 7.13. The third-order valence-electron chi connectivity index (χ3n) is 6.94. The molecule has 3 aromatic rings. The van der Waals surface area contributed by atoms with Crippen molar-refractivity contribution in [1.29, 1.82) is 0 Å². The summed E-state index contributed by atoms with van der Waals surface area (Å²) in [5.74, 6) is -0.501. The number of nitrogens with one attached hydrogen (secondary N) is 1. The van der Waals surface area contributed by atoms with Crippen molar-refractivity contribution in [2.24, 2.45) is 0 Å². The largest absolute Gasteiger partial charge is 0.494 e. The van der Waals surface area contributed by atoms with E-state index in [1.165, 1.54) is 9.80 Å². The number of hydrogen-bond acceptors (Lipinski definition) is 7. The summed E-state index contributed by atoms with van der Waals surface area (Å²) >= 11 is 1.58. The number of aryl methyl sites for hydroxylation is 1. The molecule has 206 valence electrons. The fraction of sp³-hybridized carbons (Fsp3) is 0.379. The first-order valence-corrected chi connectivity index (χ1v) is 13.8. The van der Waals surface area contributed by atoms with E-state index in [4.69, 9.17) is 4.74 Å². The third kappa shape index (κ3) is 6.46. The maximum absolute atomic E-state index is 13.4. The van der Waals surface area contributed by atoms with Gasteiger partial charge in [-0.15, -0.1) is 11.3 Å². The lowest BCUT2D eigenvalue weighted by atomic mass is 10.1. The SMILES string of the molecule is CCOc1cccc(C(=O)N(C)[C@@H](C)C(=O)N2C[C@H](O)C[C@H]2C(=O)NCc2ccc(-c3scnc3C)cc2)c1. The molecule has 3 amide bonds. The van der Waals surface area contributed by atoms with Gasteiger partial charge in [0.05, 0.1) is 28.8 Å². The normalized spacial score (nSPS) is 17.5. The van der Waals surface area contributed by atoms with Crippen LogP contribution in [0.15, 0.2) is 54.0 Å². The maximum atomic E-state index is 13.4. The molecule has 0 saturated carbocycles. The highest BCUT2D eigenvalue weighted by Crippen LogP contribution is 2.27. The van der Waals surface area contributed by atoms with E-state index in [0.717, 1.165) is 21.7 Å². The van der Waals surface area contributed by atoms with Crippen molar-refractivity contribution >= 4 is 29.1 Å². The van der Waals surface area contributed by atoms with Crippen LogP contribution in [-0.2, 0) is 16.1 Å². The van der Waals surface area contributed by atoms with E-state index < -0.39 is 24.1 Å². The molecule has 1 aliphatic rings. The van der Waals surface area contributed by atoms with Gasteiger partial charge in [-0.05, 0) is 50.1 Å². The molecule has 2 N–H and O–H groups in total. The first-order chi connectivity index (χ1) is 18.7. The number of carbonyl (C=O) groups is 3. The fourth-order valence-electron chi connectivity index (χ4n) is 4.64. The smallest absolute Gasteiger partial charge is 0.254 e. The van der Waals surface area contributed by atoms with Crippen LogP contribution in [-0.4, -0.2) is 76.0 Å². The Kier molecular flexibility index (Phi) is 8.98. The van der Waals surface area contributed by atoms with Crippen molar-refractivity contribution in [2.45, 2.75) is 51.9 Å². The van der Waals surface area contributed by atoms with Crippen molar-refractivity contribution in [2.75, 3.05) is 20.2 Å². The molecular formula is C29H34N4O5S. The summed E-state index contributed by atoms with van der Waals surface area (Å²) in [4.78, 5) is 47.7. The summed E-state index contributed by atoms with van der Waals surface area (Å²) in [5, 5.41) is 13.2. The number of aromatic nitrogens is 1. The molecular weight excluding hydrogens is 516 g/mol. The van der Waals surface area contributed by atoms with E-state index in [-0.39, 0.29) is 24.8 Å². The zero-order chi connectivity index (χ0) is 28.1. The van der Waals surface area contributed by atoms with Gasteiger partial charge in [-0.3, -0.25) is 14.4 Å². The molecule has 2 aromatic carbocycles. The van der Waals surface area contributed by atoms with Gasteiger partial charge in [0.2, 0.25) is 11.8 Å². The number of rotatable bonds is 9. The average Bonchev–Trinajstić information content (AvgIpc) is 3.56. The molecule has 1 aliphatic heterocycles. The average molecular weight is 551 g/mol. The second-order valence-corrected chi connectivity index (χ2v) is 10.5. The van der Waals surface area contributed by atoms with Gasteiger partial charge in [0.1, 0.15) is 17.8 Å². The van der Waals surface area contributed by atoms with Crippen LogP contribution in [0.3, 0.4) is 0 Å². The van der Waals surface area contributed by atoms with Gasteiger partial charge in [0, 0.05) is 32.1 Å². The highest BCUT2D eigenvalue weighted by atomic mass is 32.1. The van der Waals surface area contributed by atoms with Crippen molar-refractivity contribution in [1.82, 2.24) is 20.1 Å². The van der Waals surface area contributed by atoms with Gasteiger partial charge in [-0.2, -0.15) is 0 Å². The summed E-state index contributed by atoms with van der Waals surface area (Å²) in [5.41, 5.74) is 5.18. The predicted molar refractivity (Wildman–Crippen MR) is 149 cm³/mol. The summed E-state index contributed by atoms with van der Waals surface area (Å²) in [6.07, 6.45) is -0.676. The Morgan fingerprint density at radius 2 is 1.97 bits per heavy atom. The number of amides is 3. The van der Waals surface area contributed by atoms with Crippen LogP contribution in [0.2, 0.25) is 0 Å². The van der Waals surface area contributed by atoms with Crippen molar-refractivity contribution < 1.29 is 24.2 Å². The highest BCUT2D eigenvalue weighted by Gasteiger charge is 2.41. The Morgan fingerprint density at radius 3 is 2.64 bits per heavy atom. The Balaban J connectivity index is 1.38. The number of thiazole rings is 1. The van der Waals surface area contributed by atoms with Gasteiger partial charge >= 0.3 is 0 Å². The second-order valence-electron chi connectivity index (χ2n) is 9.63. The molecule has 3 atom stereocenters. The minimum atomic E-state index is -0.836. The Labute approximate surface area is 232 Å². The number of ether oxygens (including phenoxy) is 1. The van der Waals surface area contributed by atoms with E-state index in [9.17, 15) is 19.5 Å². The molecule has 1 aromatic heterocycles. The van der Waals surface area contributed by atoms with Gasteiger partial charge in [0.25, 0.3) is 5.91 Å². The lowest BCUT2D eigenvalue weighted by Gasteiger charge is -2.31. The predicted octanol–water partition coefficient (Wildman–Crippen LogP) is 3.26. The summed E-state index contributed by atoms with van der Waals surface area (Å²) in [6, 6.07) is 13.0. The van der Waals surface area contributed by atoms with E-state index in [1.54, 1.807) is 49.6 Å². The second kappa shape index (κ2) is 12.4. The molecule has 1 saturated heterocycles. The molecule has 39 heavy (non-hydrogen) atoms. The Morgan fingerprint density at radius 1 is 1.23 bits per heavy atom. The first-order valence-electron chi connectivity index (χ1n) is 12.9. The van der Waals surface area contributed by atoms with Crippen LogP contribution in [0.5, 0.6) is 5.75 Å². The monoisotopic (exact) mass is 550 g/mol. The lowest BCUT2D eigenvalue weighted by Crippen LogP contribution is -2.52. The number of aliphatic hydroxyl groups excluding tert-OH is 1. The molecule has 10 heteroatoms. The third-order valence-corrected chi connectivity index (χ3v) is 7.92. The topological polar surface area (TPSA) is 112 Å². The zero-order valence-electron chi connectivity index (χ0n) is 22.6. The fourth-order valence-corrected chi connectivity index (χ4v) is 5.45. The van der Waals surface area contributed by atoms with E-state index in [0.29, 0.717) is 24.5 Å². The lowest BCUT2D eigenvalue weighted by molar-refractivity contribution is -0.141. The maximum Gasteiger partial charge on any atom is 0.254 e. The van der Waals surface area contributed by atoms with Gasteiger partial charge in [-0.25, -0.2) is 4.98 Å². The van der Waals surface area contributed by atoms with E-state index in [1.807, 2.05) is 43.6 Å². The van der Waals surface area contributed by atoms with Crippen molar-refractivity contribution in [3.63, 3.8) is 0 Å². The molecule has 0 aliphatic carbocycles. The zero-order valence-corrected chi connectivity index (χ0v) is 23.4. The van der Waals surface area contributed by atoms with Gasteiger partial charge in [0.15, 0.2) is 0 Å². The molecule has 4 rings (SSSR count). The first kappa shape index (κ1) is 28.3. The minimum absolute atomic E-state index is 0.0337. The number of likely N-dealkylation sites (tertiary alicyclic amines) is 1. The van der Waals surface area contributed by atoms with E-state index >= 15 is 0 Å². The summed E-state index contributed by atoms with van der Waals surface area (Å²) in [6.45, 7) is 6.25. The van der Waals surface area contributed by atoms with Crippen molar-refractivity contribution in [3.8, 4) is 16.2 Å². The Hall–Kier alpha value is -3.76. The minimum Gasteiger partial charge on any atom is -0.494 e. The quantitative estimate of drug-likeness (QED) is 0.423. The molecule has 0 unspecified atom stereocenters. The van der Waals surface area contributed by atoms with Crippen LogP contribution < -0.4 is 10.1 Å². The molecule has 9 nitrogen and oxygen atoms in total. The van der Waals surface area contributed by atoms with Crippen LogP contribution in [0, 0.1) is 6.92 Å². The number of hydrogen-bond donors (Lipinski definition) is 2. The molecule has 1 fully saturated rings. The Bertz CT molecular complexity index is 1330. The number of aliphatic hydroxyl groups is 1. The molecule has 2 heterocycles. The van der Waals surface area contributed by atoms with Crippen LogP contribution in [0.25, 0.3) is 10.4 Å². The van der Waals surface area contributed by atoms with Crippen LogP contribution in [0.4, 0.5) is 0 Å².